The summed E-state index contributed by atoms with van der Waals surface area (Å²) in [4.78, 5) is 28.7. The van der Waals surface area contributed by atoms with Crippen LogP contribution in [0.2, 0.25) is 0 Å². The number of halogens is 1. The van der Waals surface area contributed by atoms with Gasteiger partial charge in [-0.05, 0) is 44.0 Å². The van der Waals surface area contributed by atoms with Crippen LogP contribution < -0.4 is 5.32 Å². The first-order valence-electron chi connectivity index (χ1n) is 10.4. The maximum atomic E-state index is 13.0. The molecule has 3 amide bonds. The molecule has 0 unspecified atom stereocenters. The molecule has 1 saturated heterocycles. The first-order valence-corrected chi connectivity index (χ1v) is 10.4. The Kier molecular flexibility index (Phi) is 6.74. The number of nitrogens with zero attached hydrogens (tertiary/aromatic N) is 4. The third kappa shape index (κ3) is 5.17. The van der Waals surface area contributed by atoms with E-state index in [2.05, 4.69) is 24.3 Å². The summed E-state index contributed by atoms with van der Waals surface area (Å²) < 4.78 is 15.0. The van der Waals surface area contributed by atoms with E-state index >= 15 is 0 Å². The summed E-state index contributed by atoms with van der Waals surface area (Å²) in [5.41, 5.74) is 3.49. The number of urea groups is 1. The lowest BCUT2D eigenvalue weighted by atomic mass is 10.1. The van der Waals surface area contributed by atoms with Gasteiger partial charge in [-0.2, -0.15) is 5.10 Å². The van der Waals surface area contributed by atoms with Crippen molar-refractivity contribution in [1.82, 2.24) is 19.6 Å². The Morgan fingerprint density at radius 1 is 1.07 bits per heavy atom. The van der Waals surface area contributed by atoms with E-state index in [1.54, 1.807) is 9.80 Å². The molecule has 0 atom stereocenters. The number of carbonyl (C=O) groups excluding carboxylic acids is 2. The Balaban J connectivity index is 1.53. The SMILES string of the molecule is Cc1nn(CC(C)C)c(C)c1CC(=O)N1CCN(C(=O)Nc2ccc(F)cc2)CC1. The average Bonchev–Trinajstić information content (AvgIpc) is 2.96. The normalized spacial score (nSPS) is 14.3. The van der Waals surface area contributed by atoms with Gasteiger partial charge in [-0.15, -0.1) is 0 Å². The molecular weight excluding hydrogens is 385 g/mol. The molecule has 1 aliphatic heterocycles. The predicted octanol–water partition coefficient (Wildman–Crippen LogP) is 3.21. The topological polar surface area (TPSA) is 70.5 Å². The largest absolute Gasteiger partial charge is 0.339 e. The number of hydrogen-bond donors (Lipinski definition) is 1. The van der Waals surface area contributed by atoms with Crippen LogP contribution in [0.3, 0.4) is 0 Å². The quantitative estimate of drug-likeness (QED) is 0.815. The Bertz CT molecular complexity index is 899. The van der Waals surface area contributed by atoms with E-state index in [4.69, 9.17) is 0 Å². The van der Waals surface area contributed by atoms with Gasteiger partial charge in [0, 0.05) is 49.7 Å². The Morgan fingerprint density at radius 3 is 2.27 bits per heavy atom. The highest BCUT2D eigenvalue weighted by Crippen LogP contribution is 2.17. The number of aromatic nitrogens is 2. The van der Waals surface area contributed by atoms with E-state index < -0.39 is 0 Å². The van der Waals surface area contributed by atoms with Gasteiger partial charge in [-0.3, -0.25) is 9.48 Å². The number of amides is 3. The molecule has 2 aromatic rings. The second kappa shape index (κ2) is 9.28. The molecule has 1 aliphatic rings. The number of carbonyl (C=O) groups is 2. The highest BCUT2D eigenvalue weighted by molar-refractivity contribution is 5.89. The van der Waals surface area contributed by atoms with Gasteiger partial charge in [0.05, 0.1) is 12.1 Å². The molecule has 1 aromatic carbocycles. The fraction of sp³-hybridized carbons (Fsp3) is 0.500. The number of anilines is 1. The van der Waals surface area contributed by atoms with Crippen LogP contribution in [0.1, 0.15) is 30.8 Å². The van der Waals surface area contributed by atoms with Crippen LogP contribution in [0, 0.1) is 25.6 Å². The lowest BCUT2D eigenvalue weighted by Crippen LogP contribution is -2.52. The van der Waals surface area contributed by atoms with Crippen molar-refractivity contribution in [2.75, 3.05) is 31.5 Å². The molecule has 7 nitrogen and oxygen atoms in total. The smallest absolute Gasteiger partial charge is 0.321 e. The van der Waals surface area contributed by atoms with E-state index in [0.717, 1.165) is 23.5 Å². The summed E-state index contributed by atoms with van der Waals surface area (Å²) >= 11 is 0. The molecule has 2 heterocycles. The first kappa shape index (κ1) is 21.8. The van der Waals surface area contributed by atoms with Gasteiger partial charge in [0.25, 0.3) is 0 Å². The van der Waals surface area contributed by atoms with Crippen LogP contribution in [0.5, 0.6) is 0 Å². The number of aryl methyl sites for hydroxylation is 1. The zero-order valence-corrected chi connectivity index (χ0v) is 18.1. The molecule has 1 aromatic heterocycles. The zero-order chi connectivity index (χ0) is 21.8. The van der Waals surface area contributed by atoms with Gasteiger partial charge in [0.2, 0.25) is 5.91 Å². The van der Waals surface area contributed by atoms with Gasteiger partial charge < -0.3 is 15.1 Å². The Hall–Kier alpha value is -2.90. The fourth-order valence-corrected chi connectivity index (χ4v) is 3.67. The molecular formula is C22H30FN5O2. The van der Waals surface area contributed by atoms with Crippen LogP contribution in [-0.2, 0) is 17.8 Å². The van der Waals surface area contributed by atoms with Crippen LogP contribution in [0.25, 0.3) is 0 Å². The predicted molar refractivity (Wildman–Crippen MR) is 114 cm³/mol. The molecule has 0 spiro atoms. The van der Waals surface area contributed by atoms with Crippen molar-refractivity contribution in [3.05, 3.63) is 47.0 Å². The van der Waals surface area contributed by atoms with Crippen LogP contribution in [0.15, 0.2) is 24.3 Å². The van der Waals surface area contributed by atoms with E-state index in [1.807, 2.05) is 18.5 Å². The number of benzene rings is 1. The summed E-state index contributed by atoms with van der Waals surface area (Å²) in [6.45, 7) is 11.0. The van der Waals surface area contributed by atoms with Crippen LogP contribution in [-0.4, -0.2) is 57.7 Å². The minimum absolute atomic E-state index is 0.0592. The second-order valence-corrected chi connectivity index (χ2v) is 8.21. The average molecular weight is 416 g/mol. The maximum absolute atomic E-state index is 13.0. The zero-order valence-electron chi connectivity index (χ0n) is 18.1. The molecule has 8 heteroatoms. The van der Waals surface area contributed by atoms with Crippen LogP contribution >= 0.6 is 0 Å². The monoisotopic (exact) mass is 415 g/mol. The number of rotatable bonds is 5. The van der Waals surface area contributed by atoms with Crippen molar-refractivity contribution in [1.29, 1.82) is 0 Å². The van der Waals surface area contributed by atoms with Gasteiger partial charge in [0.15, 0.2) is 0 Å². The molecule has 0 saturated carbocycles. The molecule has 0 bridgehead atoms. The molecule has 1 fully saturated rings. The third-order valence-corrected chi connectivity index (χ3v) is 5.41. The Morgan fingerprint density at radius 2 is 1.67 bits per heavy atom. The molecule has 30 heavy (non-hydrogen) atoms. The molecule has 1 N–H and O–H groups in total. The van der Waals surface area contributed by atoms with Crippen molar-refractivity contribution in [3.63, 3.8) is 0 Å². The summed E-state index contributed by atoms with van der Waals surface area (Å²) in [5.74, 6) is 0.199. The minimum atomic E-state index is -0.347. The highest BCUT2D eigenvalue weighted by Gasteiger charge is 2.25. The molecule has 0 aliphatic carbocycles. The Labute approximate surface area is 176 Å². The van der Waals surface area contributed by atoms with Crippen molar-refractivity contribution in [3.8, 4) is 0 Å². The van der Waals surface area contributed by atoms with Gasteiger partial charge in [0.1, 0.15) is 5.82 Å². The summed E-state index contributed by atoms with van der Waals surface area (Å²) in [6, 6.07) is 5.42. The summed E-state index contributed by atoms with van der Waals surface area (Å²) in [6.07, 6.45) is 0.331. The van der Waals surface area contributed by atoms with E-state index in [1.165, 1.54) is 24.3 Å². The standard InChI is InChI=1S/C22H30FN5O2/c1-15(2)14-28-17(4)20(16(3)25-28)13-21(29)26-9-11-27(12-10-26)22(30)24-19-7-5-18(23)6-8-19/h5-8,15H,9-14H2,1-4H3,(H,24,30). The fourth-order valence-electron chi connectivity index (χ4n) is 3.67. The number of nitrogens with one attached hydrogen (secondary N) is 1. The number of hydrogen-bond acceptors (Lipinski definition) is 3. The van der Waals surface area contributed by atoms with Crippen molar-refractivity contribution < 1.29 is 14.0 Å². The summed E-state index contributed by atoms with van der Waals surface area (Å²) in [7, 11) is 0. The molecule has 162 valence electrons. The lowest BCUT2D eigenvalue weighted by Gasteiger charge is -2.34. The van der Waals surface area contributed by atoms with Crippen molar-refractivity contribution in [2.24, 2.45) is 5.92 Å². The number of piperazine rings is 1. The maximum Gasteiger partial charge on any atom is 0.321 e. The highest BCUT2D eigenvalue weighted by atomic mass is 19.1. The van der Waals surface area contributed by atoms with Crippen molar-refractivity contribution in [2.45, 2.75) is 40.7 Å². The van der Waals surface area contributed by atoms with Gasteiger partial charge in [-0.25, -0.2) is 9.18 Å². The molecule has 0 radical (unpaired) electrons. The second-order valence-electron chi connectivity index (χ2n) is 8.21. The van der Waals surface area contributed by atoms with E-state index in [0.29, 0.717) is 44.2 Å². The van der Waals surface area contributed by atoms with Gasteiger partial charge in [-0.1, -0.05) is 13.8 Å². The van der Waals surface area contributed by atoms with E-state index in [9.17, 15) is 14.0 Å². The first-order chi connectivity index (χ1) is 14.2. The third-order valence-electron chi connectivity index (χ3n) is 5.41. The summed E-state index contributed by atoms with van der Waals surface area (Å²) in [5, 5.41) is 7.35. The van der Waals surface area contributed by atoms with Gasteiger partial charge >= 0.3 is 6.03 Å². The van der Waals surface area contributed by atoms with Crippen LogP contribution in [0.4, 0.5) is 14.9 Å². The lowest BCUT2D eigenvalue weighted by molar-refractivity contribution is -0.131. The van der Waals surface area contributed by atoms with Crippen molar-refractivity contribution >= 4 is 17.6 Å². The minimum Gasteiger partial charge on any atom is -0.339 e. The molecule has 3 rings (SSSR count). The van der Waals surface area contributed by atoms with E-state index in [-0.39, 0.29) is 17.8 Å².